The third kappa shape index (κ3) is 4.41. The summed E-state index contributed by atoms with van der Waals surface area (Å²) in [6.07, 6.45) is 1.03. The molecule has 1 aliphatic heterocycles. The van der Waals surface area contributed by atoms with Crippen molar-refractivity contribution in [3.8, 4) is 0 Å². The van der Waals surface area contributed by atoms with E-state index in [1.807, 2.05) is 11.3 Å². The lowest BCUT2D eigenvalue weighted by Crippen LogP contribution is -2.48. The maximum Gasteiger partial charge on any atom is 0.185 e. The van der Waals surface area contributed by atoms with Crippen molar-refractivity contribution in [2.75, 3.05) is 31.1 Å². The minimum Gasteiger partial charge on any atom is -0.346 e. The van der Waals surface area contributed by atoms with Crippen LogP contribution >= 0.6 is 11.3 Å². The lowest BCUT2D eigenvalue weighted by Gasteiger charge is -2.36. The Bertz CT molecular complexity index is 433. The molecular weight excluding hydrogens is 280 g/mol. The minimum absolute atomic E-state index is 0.523. The standard InChI is InChI=1S/C16H30N4S/c1-6-14-15(11-17-12(2)3)21-16(18-14)20-9-7-19(8-10-20)13(4)5/h12-13,17H,6-11H2,1-5H3. The fourth-order valence-electron chi connectivity index (χ4n) is 2.65. The van der Waals surface area contributed by atoms with E-state index in [0.717, 1.165) is 39.1 Å². The van der Waals surface area contributed by atoms with Crippen LogP contribution in [0.4, 0.5) is 5.13 Å². The van der Waals surface area contributed by atoms with E-state index >= 15 is 0 Å². The largest absolute Gasteiger partial charge is 0.346 e. The van der Waals surface area contributed by atoms with Gasteiger partial charge in [-0.15, -0.1) is 11.3 Å². The first-order valence-corrected chi connectivity index (χ1v) is 9.03. The van der Waals surface area contributed by atoms with Crippen LogP contribution in [-0.4, -0.2) is 48.1 Å². The van der Waals surface area contributed by atoms with Crippen molar-refractivity contribution in [1.29, 1.82) is 0 Å². The molecule has 0 aromatic carbocycles. The summed E-state index contributed by atoms with van der Waals surface area (Å²) in [4.78, 5) is 11.3. The molecule has 0 spiro atoms. The summed E-state index contributed by atoms with van der Waals surface area (Å²) in [5.74, 6) is 0. The van der Waals surface area contributed by atoms with Crippen molar-refractivity contribution in [1.82, 2.24) is 15.2 Å². The average molecular weight is 311 g/mol. The Labute approximate surface area is 133 Å². The lowest BCUT2D eigenvalue weighted by molar-refractivity contribution is 0.209. The van der Waals surface area contributed by atoms with Crippen molar-refractivity contribution in [3.63, 3.8) is 0 Å². The molecule has 2 heterocycles. The monoisotopic (exact) mass is 310 g/mol. The predicted octanol–water partition coefficient (Wildman–Crippen LogP) is 2.73. The summed E-state index contributed by atoms with van der Waals surface area (Å²) in [6, 6.07) is 1.18. The number of nitrogens with zero attached hydrogens (tertiary/aromatic N) is 3. The van der Waals surface area contributed by atoms with Gasteiger partial charge in [0.2, 0.25) is 0 Å². The Morgan fingerprint density at radius 1 is 1.14 bits per heavy atom. The van der Waals surface area contributed by atoms with Crippen LogP contribution in [-0.2, 0) is 13.0 Å². The Hall–Kier alpha value is -0.650. The second-order valence-corrected chi connectivity index (χ2v) is 7.43. The molecular formula is C16H30N4S. The molecule has 120 valence electrons. The van der Waals surface area contributed by atoms with Crippen molar-refractivity contribution < 1.29 is 0 Å². The molecule has 0 bridgehead atoms. The molecule has 1 N–H and O–H groups in total. The quantitative estimate of drug-likeness (QED) is 0.875. The number of aromatic nitrogens is 1. The molecule has 1 aliphatic rings. The summed E-state index contributed by atoms with van der Waals surface area (Å²) in [5, 5.41) is 4.74. The highest BCUT2D eigenvalue weighted by Crippen LogP contribution is 2.28. The van der Waals surface area contributed by atoms with Gasteiger partial charge in [0.05, 0.1) is 5.69 Å². The molecule has 21 heavy (non-hydrogen) atoms. The van der Waals surface area contributed by atoms with E-state index in [1.54, 1.807) is 0 Å². The van der Waals surface area contributed by atoms with E-state index in [-0.39, 0.29) is 0 Å². The van der Waals surface area contributed by atoms with Crippen LogP contribution < -0.4 is 10.2 Å². The zero-order chi connectivity index (χ0) is 15.4. The summed E-state index contributed by atoms with van der Waals surface area (Å²) in [7, 11) is 0. The van der Waals surface area contributed by atoms with Gasteiger partial charge in [-0.1, -0.05) is 20.8 Å². The van der Waals surface area contributed by atoms with Gasteiger partial charge in [-0.3, -0.25) is 4.90 Å². The summed E-state index contributed by atoms with van der Waals surface area (Å²) in [5.41, 5.74) is 1.27. The van der Waals surface area contributed by atoms with Crippen LogP contribution in [0.25, 0.3) is 0 Å². The Morgan fingerprint density at radius 2 is 1.81 bits per heavy atom. The summed E-state index contributed by atoms with van der Waals surface area (Å²) >= 11 is 1.88. The number of hydrogen-bond acceptors (Lipinski definition) is 5. The number of aryl methyl sites for hydroxylation is 1. The van der Waals surface area contributed by atoms with E-state index in [4.69, 9.17) is 4.98 Å². The van der Waals surface area contributed by atoms with E-state index < -0.39 is 0 Å². The fourth-order valence-corrected chi connectivity index (χ4v) is 3.80. The Kier molecular flexibility index (Phi) is 6.02. The summed E-state index contributed by atoms with van der Waals surface area (Å²) < 4.78 is 0. The maximum atomic E-state index is 4.89. The van der Waals surface area contributed by atoms with Gasteiger partial charge in [0.15, 0.2) is 5.13 Å². The van der Waals surface area contributed by atoms with Crippen molar-refractivity contribution in [2.45, 2.75) is 59.7 Å². The van der Waals surface area contributed by atoms with Gasteiger partial charge in [-0.05, 0) is 20.3 Å². The van der Waals surface area contributed by atoms with E-state index in [9.17, 15) is 0 Å². The predicted molar refractivity (Wildman–Crippen MR) is 92.4 cm³/mol. The third-order valence-electron chi connectivity index (χ3n) is 4.09. The van der Waals surface area contributed by atoms with Crippen molar-refractivity contribution in [3.05, 3.63) is 10.6 Å². The molecule has 1 fully saturated rings. The zero-order valence-electron chi connectivity index (χ0n) is 14.1. The van der Waals surface area contributed by atoms with Crippen molar-refractivity contribution in [2.24, 2.45) is 0 Å². The summed E-state index contributed by atoms with van der Waals surface area (Å²) in [6.45, 7) is 16.6. The van der Waals surface area contributed by atoms with Crippen LogP contribution in [0.1, 0.15) is 45.2 Å². The lowest BCUT2D eigenvalue weighted by atomic mass is 10.2. The van der Waals surface area contributed by atoms with Crippen LogP contribution in [0.15, 0.2) is 0 Å². The molecule has 2 rings (SSSR count). The highest BCUT2D eigenvalue weighted by Gasteiger charge is 2.22. The smallest absolute Gasteiger partial charge is 0.185 e. The number of rotatable bonds is 6. The molecule has 0 atom stereocenters. The number of hydrogen-bond donors (Lipinski definition) is 1. The van der Waals surface area contributed by atoms with Gasteiger partial charge in [0.25, 0.3) is 0 Å². The number of thiazole rings is 1. The van der Waals surface area contributed by atoms with Gasteiger partial charge >= 0.3 is 0 Å². The van der Waals surface area contributed by atoms with E-state index in [0.29, 0.717) is 12.1 Å². The Balaban J connectivity index is 2.00. The molecule has 4 nitrogen and oxygen atoms in total. The third-order valence-corrected chi connectivity index (χ3v) is 5.25. The molecule has 0 aliphatic carbocycles. The van der Waals surface area contributed by atoms with E-state index in [1.165, 1.54) is 15.7 Å². The molecule has 5 heteroatoms. The first kappa shape index (κ1) is 16.7. The van der Waals surface area contributed by atoms with Crippen LogP contribution in [0.2, 0.25) is 0 Å². The molecule has 0 amide bonds. The molecule has 0 saturated carbocycles. The minimum atomic E-state index is 0.523. The average Bonchev–Trinajstić information content (AvgIpc) is 2.88. The first-order valence-electron chi connectivity index (χ1n) is 8.22. The SMILES string of the molecule is CCc1nc(N2CCN(C(C)C)CC2)sc1CNC(C)C. The van der Waals surface area contributed by atoms with Crippen LogP contribution in [0.3, 0.4) is 0 Å². The normalized spacial score (nSPS) is 17.2. The van der Waals surface area contributed by atoms with Gasteiger partial charge in [-0.2, -0.15) is 0 Å². The second kappa shape index (κ2) is 7.56. The molecule has 1 aromatic rings. The number of piperazine rings is 1. The van der Waals surface area contributed by atoms with Gasteiger partial charge in [-0.25, -0.2) is 4.98 Å². The van der Waals surface area contributed by atoms with Crippen LogP contribution in [0.5, 0.6) is 0 Å². The first-order chi connectivity index (χ1) is 10.0. The number of anilines is 1. The highest BCUT2D eigenvalue weighted by atomic mass is 32.1. The maximum absolute atomic E-state index is 4.89. The molecule has 1 saturated heterocycles. The van der Waals surface area contributed by atoms with Gasteiger partial charge in [0, 0.05) is 49.7 Å². The van der Waals surface area contributed by atoms with Crippen LogP contribution in [0, 0.1) is 0 Å². The fraction of sp³-hybridized carbons (Fsp3) is 0.812. The number of nitrogens with one attached hydrogen (secondary N) is 1. The topological polar surface area (TPSA) is 31.4 Å². The van der Waals surface area contributed by atoms with E-state index in [2.05, 4.69) is 49.7 Å². The highest BCUT2D eigenvalue weighted by molar-refractivity contribution is 7.15. The van der Waals surface area contributed by atoms with Crippen molar-refractivity contribution >= 4 is 16.5 Å². The van der Waals surface area contributed by atoms with Gasteiger partial charge < -0.3 is 10.2 Å². The Morgan fingerprint density at radius 3 is 2.33 bits per heavy atom. The molecule has 0 unspecified atom stereocenters. The van der Waals surface area contributed by atoms with Gasteiger partial charge in [0.1, 0.15) is 0 Å². The molecule has 1 aromatic heterocycles. The second-order valence-electron chi connectivity index (χ2n) is 6.37. The molecule has 0 radical (unpaired) electrons. The zero-order valence-corrected chi connectivity index (χ0v) is 15.0.